The molecule has 1 heterocycles. The van der Waals surface area contributed by atoms with E-state index in [-0.39, 0.29) is 0 Å². The molecule has 3 nitrogen and oxygen atoms in total. The molecule has 0 spiro atoms. The predicted octanol–water partition coefficient (Wildman–Crippen LogP) is 3.39. The molecule has 0 bridgehead atoms. The summed E-state index contributed by atoms with van der Waals surface area (Å²) >= 11 is 0. The van der Waals surface area contributed by atoms with E-state index in [1.54, 1.807) is 0 Å². The van der Waals surface area contributed by atoms with E-state index >= 15 is 0 Å². The van der Waals surface area contributed by atoms with Gasteiger partial charge in [-0.1, -0.05) is 17.7 Å². The summed E-state index contributed by atoms with van der Waals surface area (Å²) in [7, 11) is 2.00. The van der Waals surface area contributed by atoms with Gasteiger partial charge in [-0.3, -0.25) is 0 Å². The van der Waals surface area contributed by atoms with Crippen LogP contribution in [0.25, 0.3) is 5.69 Å². The maximum atomic E-state index is 4.69. The number of benzene rings is 1. The predicted molar refractivity (Wildman–Crippen MR) is 82.5 cm³/mol. The molecule has 0 aliphatic heterocycles. The zero-order valence-corrected chi connectivity index (χ0v) is 12.8. The van der Waals surface area contributed by atoms with Gasteiger partial charge in [-0.2, -0.15) is 5.10 Å². The Hall–Kier alpha value is -1.61. The summed E-state index contributed by atoms with van der Waals surface area (Å²) < 4.78 is 2.19. The third-order valence-electron chi connectivity index (χ3n) is 4.06. The molecule has 0 saturated heterocycles. The Bertz CT molecular complexity index is 613. The average molecular weight is 269 g/mol. The van der Waals surface area contributed by atoms with E-state index in [4.69, 9.17) is 5.10 Å². The molecule has 106 valence electrons. The molecule has 2 aromatic rings. The number of hydrogen-bond donors (Lipinski definition) is 1. The lowest BCUT2D eigenvalue weighted by molar-refractivity contribution is 0.769. The van der Waals surface area contributed by atoms with Gasteiger partial charge >= 0.3 is 0 Å². The van der Waals surface area contributed by atoms with E-state index in [1.165, 1.54) is 46.5 Å². The minimum Gasteiger partial charge on any atom is -0.316 e. The molecule has 1 N–H and O–H groups in total. The molecule has 3 heteroatoms. The maximum absolute atomic E-state index is 4.69. The van der Waals surface area contributed by atoms with Gasteiger partial charge in [0, 0.05) is 18.0 Å². The van der Waals surface area contributed by atoms with Crippen molar-refractivity contribution in [3.8, 4) is 5.69 Å². The van der Waals surface area contributed by atoms with Crippen LogP contribution < -0.4 is 5.32 Å². The smallest absolute Gasteiger partial charge is 0.0707 e. The van der Waals surface area contributed by atoms with Gasteiger partial charge in [0.05, 0.1) is 17.6 Å². The first kappa shape index (κ1) is 13.4. The SMILES string of the molecule is CNCc1cnn(-c2c(C)cc(C)cc2C)c1C1CC1. The summed E-state index contributed by atoms with van der Waals surface area (Å²) in [6.07, 6.45) is 4.63. The highest BCUT2D eigenvalue weighted by Gasteiger charge is 2.31. The highest BCUT2D eigenvalue weighted by molar-refractivity contribution is 5.51. The van der Waals surface area contributed by atoms with Crippen LogP contribution in [0.1, 0.15) is 46.7 Å². The number of aryl methyl sites for hydroxylation is 3. The van der Waals surface area contributed by atoms with Crippen LogP contribution in [0.3, 0.4) is 0 Å². The van der Waals surface area contributed by atoms with Crippen LogP contribution in [0.15, 0.2) is 18.3 Å². The van der Waals surface area contributed by atoms with E-state index in [0.717, 1.165) is 6.54 Å². The highest BCUT2D eigenvalue weighted by Crippen LogP contribution is 2.43. The second-order valence-corrected chi connectivity index (χ2v) is 6.02. The van der Waals surface area contributed by atoms with Crippen molar-refractivity contribution in [3.05, 3.63) is 46.3 Å². The molecule has 1 aromatic heterocycles. The third-order valence-corrected chi connectivity index (χ3v) is 4.06. The first-order valence-electron chi connectivity index (χ1n) is 7.41. The van der Waals surface area contributed by atoms with Crippen molar-refractivity contribution in [1.82, 2.24) is 15.1 Å². The summed E-state index contributed by atoms with van der Waals surface area (Å²) in [5, 5.41) is 7.95. The van der Waals surface area contributed by atoms with Gasteiger partial charge in [-0.25, -0.2) is 4.68 Å². The summed E-state index contributed by atoms with van der Waals surface area (Å²) in [6, 6.07) is 4.50. The summed E-state index contributed by atoms with van der Waals surface area (Å²) in [5.41, 5.74) is 7.95. The standard InChI is InChI=1S/C17H23N3/c1-11-7-12(2)16(13(3)8-11)20-17(14-5-6-14)15(9-18-4)10-19-20/h7-8,10,14,18H,5-6,9H2,1-4H3. The molecule has 1 aliphatic rings. The van der Waals surface area contributed by atoms with Crippen molar-refractivity contribution >= 4 is 0 Å². The lowest BCUT2D eigenvalue weighted by Crippen LogP contribution is -2.10. The van der Waals surface area contributed by atoms with Crippen LogP contribution in [-0.2, 0) is 6.54 Å². The number of nitrogens with zero attached hydrogens (tertiary/aromatic N) is 2. The van der Waals surface area contributed by atoms with Gasteiger partial charge in [0.2, 0.25) is 0 Å². The van der Waals surface area contributed by atoms with Crippen LogP contribution in [0, 0.1) is 20.8 Å². The molecule has 0 atom stereocenters. The lowest BCUT2D eigenvalue weighted by Gasteiger charge is -2.15. The van der Waals surface area contributed by atoms with Gasteiger partial charge in [0.25, 0.3) is 0 Å². The Morgan fingerprint density at radius 1 is 1.20 bits per heavy atom. The Balaban J connectivity index is 2.15. The fraction of sp³-hybridized carbons (Fsp3) is 0.471. The number of hydrogen-bond acceptors (Lipinski definition) is 2. The quantitative estimate of drug-likeness (QED) is 0.922. The van der Waals surface area contributed by atoms with Gasteiger partial charge in [0.15, 0.2) is 0 Å². The van der Waals surface area contributed by atoms with Crippen LogP contribution in [-0.4, -0.2) is 16.8 Å². The Labute approximate surface area is 121 Å². The molecule has 1 aliphatic carbocycles. The molecular formula is C17H23N3. The molecular weight excluding hydrogens is 246 g/mol. The molecule has 0 amide bonds. The van der Waals surface area contributed by atoms with Crippen molar-refractivity contribution in [2.75, 3.05) is 7.05 Å². The first-order chi connectivity index (χ1) is 9.61. The molecule has 0 unspecified atom stereocenters. The van der Waals surface area contributed by atoms with Crippen LogP contribution >= 0.6 is 0 Å². The molecule has 1 fully saturated rings. The highest BCUT2D eigenvalue weighted by atomic mass is 15.3. The van der Waals surface area contributed by atoms with E-state index < -0.39 is 0 Å². The normalized spacial score (nSPS) is 14.8. The number of nitrogens with one attached hydrogen (secondary N) is 1. The third kappa shape index (κ3) is 2.27. The van der Waals surface area contributed by atoms with Crippen molar-refractivity contribution in [2.45, 2.75) is 46.1 Å². The molecule has 20 heavy (non-hydrogen) atoms. The Morgan fingerprint density at radius 3 is 2.40 bits per heavy atom. The van der Waals surface area contributed by atoms with Gasteiger partial charge < -0.3 is 5.32 Å². The Morgan fingerprint density at radius 2 is 1.85 bits per heavy atom. The fourth-order valence-electron chi connectivity index (χ4n) is 3.20. The molecule has 3 rings (SSSR count). The average Bonchev–Trinajstić information content (AvgIpc) is 3.12. The minimum atomic E-state index is 0.695. The van der Waals surface area contributed by atoms with Crippen molar-refractivity contribution < 1.29 is 0 Å². The zero-order valence-electron chi connectivity index (χ0n) is 12.8. The van der Waals surface area contributed by atoms with E-state index in [0.29, 0.717) is 5.92 Å². The molecule has 1 aromatic carbocycles. The lowest BCUT2D eigenvalue weighted by atomic mass is 10.0. The van der Waals surface area contributed by atoms with Crippen LogP contribution in [0.4, 0.5) is 0 Å². The van der Waals surface area contributed by atoms with Gasteiger partial charge in [-0.15, -0.1) is 0 Å². The zero-order chi connectivity index (χ0) is 14.3. The largest absolute Gasteiger partial charge is 0.316 e. The van der Waals surface area contributed by atoms with Crippen molar-refractivity contribution in [3.63, 3.8) is 0 Å². The van der Waals surface area contributed by atoms with E-state index in [1.807, 2.05) is 13.2 Å². The maximum Gasteiger partial charge on any atom is 0.0707 e. The summed E-state index contributed by atoms with van der Waals surface area (Å²) in [5.74, 6) is 0.695. The van der Waals surface area contributed by atoms with Crippen LogP contribution in [0.2, 0.25) is 0 Å². The number of aromatic nitrogens is 2. The Kier molecular flexibility index (Phi) is 3.38. The topological polar surface area (TPSA) is 29.9 Å². The monoisotopic (exact) mass is 269 g/mol. The minimum absolute atomic E-state index is 0.695. The van der Waals surface area contributed by atoms with E-state index in [2.05, 4.69) is 42.9 Å². The summed E-state index contributed by atoms with van der Waals surface area (Å²) in [6.45, 7) is 7.42. The van der Waals surface area contributed by atoms with Crippen LogP contribution in [0.5, 0.6) is 0 Å². The fourth-order valence-corrected chi connectivity index (χ4v) is 3.20. The summed E-state index contributed by atoms with van der Waals surface area (Å²) in [4.78, 5) is 0. The molecule has 0 radical (unpaired) electrons. The first-order valence-corrected chi connectivity index (χ1v) is 7.41. The van der Waals surface area contributed by atoms with Gasteiger partial charge in [0.1, 0.15) is 0 Å². The van der Waals surface area contributed by atoms with E-state index in [9.17, 15) is 0 Å². The van der Waals surface area contributed by atoms with Crippen molar-refractivity contribution in [2.24, 2.45) is 0 Å². The van der Waals surface area contributed by atoms with Crippen molar-refractivity contribution in [1.29, 1.82) is 0 Å². The molecule has 1 saturated carbocycles. The second kappa shape index (κ2) is 5.06. The number of rotatable bonds is 4. The van der Waals surface area contributed by atoms with Gasteiger partial charge in [-0.05, 0) is 51.8 Å². The second-order valence-electron chi connectivity index (χ2n) is 6.02.